The Kier molecular flexibility index (Phi) is 6.15. The van der Waals surface area contributed by atoms with E-state index < -0.39 is 10.0 Å². The van der Waals surface area contributed by atoms with Gasteiger partial charge in [-0.1, -0.05) is 0 Å². The highest BCUT2D eigenvalue weighted by molar-refractivity contribution is 7.91. The molecule has 0 aliphatic carbocycles. The molecular weight excluding hydrogens is 404 g/mol. The summed E-state index contributed by atoms with van der Waals surface area (Å²) in [5, 5.41) is 0. The minimum Gasteiger partial charge on any atom is -0.340 e. The third kappa shape index (κ3) is 4.66. The fourth-order valence-electron chi connectivity index (χ4n) is 2.94. The van der Waals surface area contributed by atoms with Crippen LogP contribution < -0.4 is 0 Å². The van der Waals surface area contributed by atoms with Gasteiger partial charge in [-0.15, -0.1) is 22.7 Å². The van der Waals surface area contributed by atoms with Gasteiger partial charge in [0.2, 0.25) is 5.91 Å². The molecule has 0 atom stereocenters. The second kappa shape index (κ2) is 8.22. The summed E-state index contributed by atoms with van der Waals surface area (Å²) < 4.78 is 27.1. The van der Waals surface area contributed by atoms with Gasteiger partial charge in [-0.3, -0.25) is 9.59 Å². The Labute approximate surface area is 167 Å². The van der Waals surface area contributed by atoms with Crippen molar-refractivity contribution in [2.45, 2.75) is 30.9 Å². The maximum atomic E-state index is 12.6. The molecule has 0 spiro atoms. The number of rotatable bonds is 6. The van der Waals surface area contributed by atoms with E-state index in [9.17, 15) is 18.0 Å². The maximum Gasteiger partial charge on any atom is 0.252 e. The van der Waals surface area contributed by atoms with Crippen LogP contribution in [0.3, 0.4) is 0 Å². The van der Waals surface area contributed by atoms with E-state index in [0.717, 1.165) is 9.75 Å². The molecule has 1 aliphatic heterocycles. The molecule has 1 saturated heterocycles. The van der Waals surface area contributed by atoms with E-state index in [1.165, 1.54) is 27.0 Å². The number of Topliss-reactive ketones (excluding diaryl/α,β-unsaturated/α-hetero) is 1. The van der Waals surface area contributed by atoms with Gasteiger partial charge in [0.25, 0.3) is 10.0 Å². The molecule has 0 radical (unpaired) electrons. The Morgan fingerprint density at radius 2 is 1.56 bits per heavy atom. The standard InChI is InChI=1S/C18H22N2O4S3/c1-13-3-6-16(25-13)15(21)5-7-17(22)19-9-11-20(12-10-19)27(23,24)18-8-4-14(2)26-18/h3-4,6,8H,5,7,9-12H2,1-2H3. The lowest BCUT2D eigenvalue weighted by molar-refractivity contribution is -0.132. The Morgan fingerprint density at radius 1 is 0.926 bits per heavy atom. The van der Waals surface area contributed by atoms with Gasteiger partial charge in [0.1, 0.15) is 4.21 Å². The molecule has 6 nitrogen and oxygen atoms in total. The second-order valence-corrected chi connectivity index (χ2v) is 11.2. The van der Waals surface area contributed by atoms with E-state index in [0.29, 0.717) is 22.2 Å². The van der Waals surface area contributed by atoms with Gasteiger partial charge in [0.15, 0.2) is 5.78 Å². The number of hydrogen-bond donors (Lipinski definition) is 0. The first kappa shape index (κ1) is 20.2. The zero-order valence-corrected chi connectivity index (χ0v) is 17.8. The quantitative estimate of drug-likeness (QED) is 0.666. The normalized spacial score (nSPS) is 15.9. The van der Waals surface area contributed by atoms with Crippen LogP contribution in [0.5, 0.6) is 0 Å². The summed E-state index contributed by atoms with van der Waals surface area (Å²) in [6, 6.07) is 7.12. The molecule has 9 heteroatoms. The lowest BCUT2D eigenvalue weighted by Crippen LogP contribution is -2.50. The topological polar surface area (TPSA) is 74.8 Å². The molecule has 0 bridgehead atoms. The highest BCUT2D eigenvalue weighted by Crippen LogP contribution is 2.25. The maximum absolute atomic E-state index is 12.6. The van der Waals surface area contributed by atoms with E-state index in [4.69, 9.17) is 0 Å². The number of sulfonamides is 1. The first-order chi connectivity index (χ1) is 12.8. The fraction of sp³-hybridized carbons (Fsp3) is 0.444. The van der Waals surface area contributed by atoms with E-state index >= 15 is 0 Å². The van der Waals surface area contributed by atoms with Crippen molar-refractivity contribution < 1.29 is 18.0 Å². The number of ketones is 1. The number of thiophene rings is 2. The summed E-state index contributed by atoms with van der Waals surface area (Å²) in [6.07, 6.45) is 0.346. The third-order valence-electron chi connectivity index (χ3n) is 4.48. The van der Waals surface area contributed by atoms with Gasteiger partial charge in [-0.05, 0) is 38.1 Å². The van der Waals surface area contributed by atoms with Crippen LogP contribution in [-0.4, -0.2) is 55.5 Å². The summed E-state index contributed by atoms with van der Waals surface area (Å²) >= 11 is 2.70. The van der Waals surface area contributed by atoms with E-state index in [1.54, 1.807) is 23.1 Å². The van der Waals surface area contributed by atoms with Crippen LogP contribution in [0.15, 0.2) is 28.5 Å². The monoisotopic (exact) mass is 426 g/mol. The van der Waals surface area contributed by atoms with E-state index in [-0.39, 0.29) is 37.6 Å². The average molecular weight is 427 g/mol. The fourth-order valence-corrected chi connectivity index (χ4v) is 6.64. The summed E-state index contributed by atoms with van der Waals surface area (Å²) in [5.74, 6) is -0.114. The smallest absolute Gasteiger partial charge is 0.252 e. The van der Waals surface area contributed by atoms with Crippen molar-refractivity contribution in [3.05, 3.63) is 38.9 Å². The van der Waals surface area contributed by atoms with Crippen LogP contribution >= 0.6 is 22.7 Å². The molecule has 2 aromatic heterocycles. The highest BCUT2D eigenvalue weighted by atomic mass is 32.2. The Bertz CT molecular complexity index is 937. The first-order valence-electron chi connectivity index (χ1n) is 8.71. The number of carbonyl (C=O) groups excluding carboxylic acids is 2. The summed E-state index contributed by atoms with van der Waals surface area (Å²) in [5.41, 5.74) is 0. The molecule has 27 heavy (non-hydrogen) atoms. The molecule has 0 N–H and O–H groups in total. The minimum absolute atomic E-state index is 0.0178. The number of amides is 1. The van der Waals surface area contributed by atoms with Crippen LogP contribution in [0.2, 0.25) is 0 Å². The largest absolute Gasteiger partial charge is 0.340 e. The van der Waals surface area contributed by atoms with Crippen molar-refractivity contribution in [3.8, 4) is 0 Å². The molecule has 3 rings (SSSR count). The highest BCUT2D eigenvalue weighted by Gasteiger charge is 2.31. The SMILES string of the molecule is Cc1ccc(C(=O)CCC(=O)N2CCN(S(=O)(=O)c3ccc(C)s3)CC2)s1. The van der Waals surface area contributed by atoms with Crippen molar-refractivity contribution >= 4 is 44.4 Å². The molecule has 3 heterocycles. The number of nitrogens with zero attached hydrogens (tertiary/aromatic N) is 2. The average Bonchev–Trinajstić information content (AvgIpc) is 3.28. The molecule has 1 aliphatic rings. The van der Waals surface area contributed by atoms with Gasteiger partial charge in [-0.25, -0.2) is 8.42 Å². The van der Waals surface area contributed by atoms with Crippen molar-refractivity contribution in [1.29, 1.82) is 0 Å². The summed E-state index contributed by atoms with van der Waals surface area (Å²) in [7, 11) is -3.49. The summed E-state index contributed by atoms with van der Waals surface area (Å²) in [6.45, 7) is 5.09. The van der Waals surface area contributed by atoms with Gasteiger partial charge < -0.3 is 4.90 Å². The number of hydrogen-bond acceptors (Lipinski definition) is 6. The van der Waals surface area contributed by atoms with Crippen molar-refractivity contribution in [2.24, 2.45) is 0 Å². The van der Waals surface area contributed by atoms with Gasteiger partial charge in [-0.2, -0.15) is 4.31 Å². The lowest BCUT2D eigenvalue weighted by atomic mass is 10.1. The van der Waals surface area contributed by atoms with Crippen LogP contribution in [0.25, 0.3) is 0 Å². The van der Waals surface area contributed by atoms with E-state index in [1.807, 2.05) is 19.9 Å². The molecule has 146 valence electrons. The van der Waals surface area contributed by atoms with Crippen molar-refractivity contribution in [2.75, 3.05) is 26.2 Å². The van der Waals surface area contributed by atoms with Crippen LogP contribution in [0, 0.1) is 13.8 Å². The number of carbonyl (C=O) groups is 2. The van der Waals surface area contributed by atoms with Crippen molar-refractivity contribution in [3.63, 3.8) is 0 Å². The van der Waals surface area contributed by atoms with Crippen LogP contribution in [-0.2, 0) is 14.8 Å². The minimum atomic E-state index is -3.49. The zero-order valence-electron chi connectivity index (χ0n) is 15.3. The van der Waals surface area contributed by atoms with Gasteiger partial charge in [0, 0.05) is 48.8 Å². The summed E-state index contributed by atoms with van der Waals surface area (Å²) in [4.78, 5) is 28.9. The second-order valence-electron chi connectivity index (χ2n) is 6.48. The Hall–Kier alpha value is -1.55. The first-order valence-corrected chi connectivity index (χ1v) is 11.8. The Balaban J connectivity index is 1.51. The third-order valence-corrected chi connectivity index (χ3v) is 8.89. The van der Waals surface area contributed by atoms with Crippen LogP contribution in [0.4, 0.5) is 0 Å². The molecular formula is C18H22N2O4S3. The molecule has 0 unspecified atom stereocenters. The molecule has 0 aromatic carbocycles. The van der Waals surface area contributed by atoms with E-state index in [2.05, 4.69) is 0 Å². The van der Waals surface area contributed by atoms with Crippen LogP contribution in [0.1, 0.15) is 32.3 Å². The lowest BCUT2D eigenvalue weighted by Gasteiger charge is -2.33. The Morgan fingerprint density at radius 3 is 2.11 bits per heavy atom. The number of aryl methyl sites for hydroxylation is 2. The molecule has 1 amide bonds. The molecule has 2 aromatic rings. The number of piperazine rings is 1. The molecule has 0 saturated carbocycles. The zero-order chi connectivity index (χ0) is 19.6. The van der Waals surface area contributed by atoms with Gasteiger partial charge >= 0.3 is 0 Å². The predicted octanol–water partition coefficient (Wildman–Crippen LogP) is 2.92. The van der Waals surface area contributed by atoms with Crippen molar-refractivity contribution in [1.82, 2.24) is 9.21 Å². The van der Waals surface area contributed by atoms with Gasteiger partial charge in [0.05, 0.1) is 4.88 Å². The molecule has 1 fully saturated rings. The predicted molar refractivity (Wildman–Crippen MR) is 107 cm³/mol.